The van der Waals surface area contributed by atoms with E-state index in [0.29, 0.717) is 17.0 Å². The molecule has 0 saturated carbocycles. The van der Waals surface area contributed by atoms with Gasteiger partial charge in [0.05, 0.1) is 5.52 Å². The van der Waals surface area contributed by atoms with Crippen molar-refractivity contribution in [3.8, 4) is 22.8 Å². The van der Waals surface area contributed by atoms with Crippen LogP contribution in [0.3, 0.4) is 0 Å². The summed E-state index contributed by atoms with van der Waals surface area (Å²) < 4.78 is 20.9. The van der Waals surface area contributed by atoms with Crippen molar-refractivity contribution in [1.82, 2.24) is 25.1 Å². The number of aryl methyl sites for hydroxylation is 2. The van der Waals surface area contributed by atoms with Crippen molar-refractivity contribution >= 4 is 11.0 Å². The number of nitrogens with zero attached hydrogens (tertiary/aromatic N) is 5. The summed E-state index contributed by atoms with van der Waals surface area (Å²) in [5, 5.41) is 12.3. The summed E-state index contributed by atoms with van der Waals surface area (Å²) >= 11 is 0. The Hall–Kier alpha value is -3.09. The highest BCUT2D eigenvalue weighted by atomic mass is 19.1. The fourth-order valence-electron chi connectivity index (χ4n) is 2.67. The average Bonchev–Trinajstić information content (AvgIpc) is 3.25. The lowest BCUT2D eigenvalue weighted by atomic mass is 10.1. The zero-order valence-corrected chi connectivity index (χ0v) is 13.9. The van der Waals surface area contributed by atoms with Crippen molar-refractivity contribution in [3.63, 3.8) is 0 Å². The number of hydrogen-bond acceptors (Lipinski definition) is 5. The van der Waals surface area contributed by atoms with Gasteiger partial charge in [-0.05, 0) is 49.2 Å². The molecule has 4 rings (SSSR count). The summed E-state index contributed by atoms with van der Waals surface area (Å²) in [6.07, 6.45) is 0.988. The molecule has 6 nitrogen and oxygen atoms in total. The van der Waals surface area contributed by atoms with Crippen LogP contribution in [0.5, 0.6) is 0 Å². The lowest BCUT2D eigenvalue weighted by molar-refractivity contribution is 0.432. The van der Waals surface area contributed by atoms with Gasteiger partial charge in [-0.3, -0.25) is 0 Å². The Morgan fingerprint density at radius 3 is 2.76 bits per heavy atom. The van der Waals surface area contributed by atoms with E-state index >= 15 is 0 Å². The van der Waals surface area contributed by atoms with Crippen LogP contribution < -0.4 is 0 Å². The van der Waals surface area contributed by atoms with E-state index < -0.39 is 0 Å². The van der Waals surface area contributed by atoms with Crippen molar-refractivity contribution in [2.45, 2.75) is 26.8 Å². The third kappa shape index (κ3) is 2.77. The van der Waals surface area contributed by atoms with Crippen LogP contribution in [0.25, 0.3) is 33.9 Å². The second kappa shape index (κ2) is 6.08. The van der Waals surface area contributed by atoms with Gasteiger partial charge >= 0.3 is 0 Å². The summed E-state index contributed by atoms with van der Waals surface area (Å²) in [6, 6.07) is 10.6. The van der Waals surface area contributed by atoms with Crippen LogP contribution in [-0.4, -0.2) is 25.1 Å². The molecule has 2 aromatic carbocycles. The molecule has 25 heavy (non-hydrogen) atoms. The number of hydrogen-bond donors (Lipinski definition) is 0. The molecule has 0 aliphatic heterocycles. The largest absolute Gasteiger partial charge is 0.334 e. The number of fused-ring (bicyclic) bond motifs is 1. The van der Waals surface area contributed by atoms with Crippen molar-refractivity contribution < 1.29 is 8.91 Å². The van der Waals surface area contributed by atoms with Gasteiger partial charge < -0.3 is 4.52 Å². The standard InChI is InChI=1S/C18H16FN5O/c1-3-8-24-16-7-6-12(10-15(16)21-23-24)17-20-18(25-22-17)13-5-4-11(2)14(19)9-13/h4-7,9-10H,3,8H2,1-2H3. The Balaban J connectivity index is 1.69. The van der Waals surface area contributed by atoms with E-state index in [1.165, 1.54) is 6.07 Å². The Bertz CT molecular complexity index is 1050. The third-order valence-electron chi connectivity index (χ3n) is 4.05. The summed E-state index contributed by atoms with van der Waals surface area (Å²) in [4.78, 5) is 4.37. The van der Waals surface area contributed by atoms with Gasteiger partial charge in [0.25, 0.3) is 5.89 Å². The zero-order valence-electron chi connectivity index (χ0n) is 13.9. The van der Waals surface area contributed by atoms with E-state index in [-0.39, 0.29) is 11.7 Å². The predicted octanol–water partition coefficient (Wildman–Crippen LogP) is 4.01. The molecule has 0 bridgehead atoms. The molecule has 0 saturated heterocycles. The van der Waals surface area contributed by atoms with Crippen LogP contribution in [0, 0.1) is 12.7 Å². The molecule has 4 aromatic rings. The number of benzene rings is 2. The van der Waals surface area contributed by atoms with Crippen molar-refractivity contribution in [2.75, 3.05) is 0 Å². The second-order valence-electron chi connectivity index (χ2n) is 5.90. The molecule has 2 heterocycles. The quantitative estimate of drug-likeness (QED) is 0.563. The predicted molar refractivity (Wildman–Crippen MR) is 91.2 cm³/mol. The Labute approximate surface area is 143 Å². The van der Waals surface area contributed by atoms with E-state index in [2.05, 4.69) is 27.4 Å². The molecule has 0 fully saturated rings. The number of rotatable bonds is 4. The maximum atomic E-state index is 13.7. The fraction of sp³-hybridized carbons (Fsp3) is 0.222. The molecule has 7 heteroatoms. The van der Waals surface area contributed by atoms with E-state index in [0.717, 1.165) is 29.6 Å². The fourth-order valence-corrected chi connectivity index (χ4v) is 2.67. The molecule has 2 aromatic heterocycles. The van der Waals surface area contributed by atoms with Crippen LogP contribution >= 0.6 is 0 Å². The zero-order chi connectivity index (χ0) is 17.4. The van der Waals surface area contributed by atoms with Gasteiger partial charge in [-0.1, -0.05) is 23.4 Å². The van der Waals surface area contributed by atoms with Gasteiger partial charge in [0.1, 0.15) is 11.3 Å². The molecule has 126 valence electrons. The minimum absolute atomic E-state index is 0.281. The summed E-state index contributed by atoms with van der Waals surface area (Å²) in [6.45, 7) is 4.62. The van der Waals surface area contributed by atoms with Crippen LogP contribution in [0.2, 0.25) is 0 Å². The first kappa shape index (κ1) is 15.4. The van der Waals surface area contributed by atoms with Crippen LogP contribution in [0.4, 0.5) is 4.39 Å². The van der Waals surface area contributed by atoms with E-state index in [1.807, 2.05) is 22.9 Å². The molecule has 0 aliphatic rings. The van der Waals surface area contributed by atoms with Gasteiger partial charge in [0, 0.05) is 17.7 Å². The first-order valence-corrected chi connectivity index (χ1v) is 8.09. The minimum atomic E-state index is -0.300. The van der Waals surface area contributed by atoms with Crippen molar-refractivity contribution in [2.24, 2.45) is 0 Å². The molecule has 0 N–H and O–H groups in total. The maximum Gasteiger partial charge on any atom is 0.258 e. The monoisotopic (exact) mass is 337 g/mol. The highest BCUT2D eigenvalue weighted by Crippen LogP contribution is 2.25. The van der Waals surface area contributed by atoms with Gasteiger partial charge in [-0.15, -0.1) is 5.10 Å². The molecule has 0 aliphatic carbocycles. The molecule has 0 radical (unpaired) electrons. The lowest BCUT2D eigenvalue weighted by Crippen LogP contribution is -1.98. The van der Waals surface area contributed by atoms with E-state index in [1.54, 1.807) is 19.1 Å². The Morgan fingerprint density at radius 1 is 1.12 bits per heavy atom. The highest BCUT2D eigenvalue weighted by molar-refractivity contribution is 5.80. The average molecular weight is 337 g/mol. The van der Waals surface area contributed by atoms with Crippen LogP contribution in [-0.2, 0) is 6.54 Å². The van der Waals surface area contributed by atoms with Crippen LogP contribution in [0.15, 0.2) is 40.9 Å². The lowest BCUT2D eigenvalue weighted by Gasteiger charge is -1.99. The first-order valence-electron chi connectivity index (χ1n) is 8.09. The number of halogens is 1. The highest BCUT2D eigenvalue weighted by Gasteiger charge is 2.13. The molecule has 0 spiro atoms. The number of aromatic nitrogens is 5. The summed E-state index contributed by atoms with van der Waals surface area (Å²) in [5.74, 6) is 0.415. The second-order valence-corrected chi connectivity index (χ2v) is 5.90. The Kier molecular flexibility index (Phi) is 3.76. The molecule has 0 unspecified atom stereocenters. The summed E-state index contributed by atoms with van der Waals surface area (Å²) in [5.41, 5.74) is 3.65. The topological polar surface area (TPSA) is 69.6 Å². The molecule has 0 amide bonds. The van der Waals surface area contributed by atoms with Crippen LogP contribution in [0.1, 0.15) is 18.9 Å². The van der Waals surface area contributed by atoms with Crippen molar-refractivity contribution in [3.05, 3.63) is 47.8 Å². The first-order chi connectivity index (χ1) is 12.2. The van der Waals surface area contributed by atoms with Gasteiger partial charge in [0.15, 0.2) is 0 Å². The smallest absolute Gasteiger partial charge is 0.258 e. The molecular weight excluding hydrogens is 321 g/mol. The third-order valence-corrected chi connectivity index (χ3v) is 4.05. The SMILES string of the molecule is CCCn1nnc2cc(-c3noc(-c4ccc(C)c(F)c4)n3)ccc21. The van der Waals surface area contributed by atoms with Crippen molar-refractivity contribution in [1.29, 1.82) is 0 Å². The van der Waals surface area contributed by atoms with Gasteiger partial charge in [-0.25, -0.2) is 9.07 Å². The molecule has 0 atom stereocenters. The van der Waals surface area contributed by atoms with E-state index in [4.69, 9.17) is 4.52 Å². The van der Waals surface area contributed by atoms with Gasteiger partial charge in [-0.2, -0.15) is 4.98 Å². The van der Waals surface area contributed by atoms with Gasteiger partial charge in [0.2, 0.25) is 5.82 Å². The van der Waals surface area contributed by atoms with E-state index in [9.17, 15) is 4.39 Å². The summed E-state index contributed by atoms with van der Waals surface area (Å²) in [7, 11) is 0. The molecular formula is C18H16FN5O. The maximum absolute atomic E-state index is 13.7. The normalized spacial score (nSPS) is 11.3. The Morgan fingerprint density at radius 2 is 1.96 bits per heavy atom. The minimum Gasteiger partial charge on any atom is -0.334 e.